The Labute approximate surface area is 195 Å². The average Bonchev–Trinajstić information content (AvgIpc) is 2.87. The Balaban J connectivity index is 1.33. The van der Waals surface area contributed by atoms with Crippen molar-refractivity contribution >= 4 is 5.95 Å². The third kappa shape index (κ3) is 5.01. The van der Waals surface area contributed by atoms with E-state index in [-0.39, 0.29) is 5.56 Å². The number of hydrogen-bond acceptors (Lipinski definition) is 5. The number of likely N-dealkylation sites (tertiary alicyclic amines) is 1. The first-order valence-electron chi connectivity index (χ1n) is 12.2. The van der Waals surface area contributed by atoms with Crippen LogP contribution in [0.1, 0.15) is 49.1 Å². The molecule has 1 aromatic carbocycles. The first-order chi connectivity index (χ1) is 16.2. The van der Waals surface area contributed by atoms with Gasteiger partial charge in [0, 0.05) is 56.6 Å². The first kappa shape index (κ1) is 21.8. The van der Waals surface area contributed by atoms with Gasteiger partial charge in [-0.1, -0.05) is 30.7 Å². The van der Waals surface area contributed by atoms with Crippen LogP contribution in [0.2, 0.25) is 0 Å². The maximum Gasteiger partial charge on any atom is 0.255 e. The van der Waals surface area contributed by atoms with E-state index in [0.29, 0.717) is 11.6 Å². The predicted molar refractivity (Wildman–Crippen MR) is 132 cm³/mol. The Morgan fingerprint density at radius 3 is 2.45 bits per heavy atom. The lowest BCUT2D eigenvalue weighted by molar-refractivity contribution is 0.221. The summed E-state index contributed by atoms with van der Waals surface area (Å²) in [7, 11) is 1.82. The van der Waals surface area contributed by atoms with E-state index in [2.05, 4.69) is 39.0 Å². The summed E-state index contributed by atoms with van der Waals surface area (Å²) in [4.78, 5) is 26.5. The molecule has 0 spiro atoms. The molecule has 33 heavy (non-hydrogen) atoms. The molecule has 1 unspecified atom stereocenters. The molecule has 0 amide bonds. The van der Waals surface area contributed by atoms with E-state index in [0.717, 1.165) is 37.6 Å². The van der Waals surface area contributed by atoms with Crippen molar-refractivity contribution in [1.29, 1.82) is 0 Å². The molecule has 2 saturated heterocycles. The second-order valence-electron chi connectivity index (χ2n) is 9.44. The van der Waals surface area contributed by atoms with E-state index < -0.39 is 0 Å². The molecular weight excluding hydrogens is 410 g/mol. The highest BCUT2D eigenvalue weighted by Gasteiger charge is 2.24. The molecule has 6 heteroatoms. The zero-order valence-electron chi connectivity index (χ0n) is 19.5. The molecule has 2 aliphatic heterocycles. The van der Waals surface area contributed by atoms with Gasteiger partial charge >= 0.3 is 0 Å². The zero-order chi connectivity index (χ0) is 22.6. The molecule has 0 bridgehead atoms. The number of nitrogens with zero attached hydrogens (tertiary/aromatic N) is 5. The van der Waals surface area contributed by atoms with Crippen LogP contribution < -0.4 is 10.5 Å². The van der Waals surface area contributed by atoms with Crippen molar-refractivity contribution in [3.05, 3.63) is 76.3 Å². The number of rotatable bonds is 5. The second-order valence-corrected chi connectivity index (χ2v) is 9.44. The van der Waals surface area contributed by atoms with Gasteiger partial charge in [0.15, 0.2) is 0 Å². The molecule has 2 aromatic heterocycles. The normalized spacial score (nSPS) is 19.5. The van der Waals surface area contributed by atoms with Crippen molar-refractivity contribution in [2.45, 2.75) is 44.6 Å². The fraction of sp³-hybridized carbons (Fsp3) is 0.444. The Kier molecular flexibility index (Phi) is 6.53. The molecule has 6 nitrogen and oxygen atoms in total. The summed E-state index contributed by atoms with van der Waals surface area (Å²) < 4.78 is 1.68. The van der Waals surface area contributed by atoms with E-state index in [4.69, 9.17) is 4.98 Å². The fourth-order valence-electron chi connectivity index (χ4n) is 5.18. The van der Waals surface area contributed by atoms with Crippen LogP contribution in [0.25, 0.3) is 11.3 Å². The minimum atomic E-state index is -0.0315. The van der Waals surface area contributed by atoms with Crippen molar-refractivity contribution in [3.8, 4) is 11.3 Å². The molecule has 0 N–H and O–H groups in total. The lowest BCUT2D eigenvalue weighted by Crippen LogP contribution is -2.38. The molecular formula is C27H33N5O. The van der Waals surface area contributed by atoms with Crippen LogP contribution in [0.3, 0.4) is 0 Å². The van der Waals surface area contributed by atoms with Gasteiger partial charge in [0.2, 0.25) is 5.95 Å². The molecule has 5 rings (SSSR count). The minimum absolute atomic E-state index is 0.0315. The van der Waals surface area contributed by atoms with Crippen LogP contribution in [-0.4, -0.2) is 45.6 Å². The number of hydrogen-bond donors (Lipinski definition) is 0. The monoisotopic (exact) mass is 443 g/mol. The van der Waals surface area contributed by atoms with E-state index >= 15 is 0 Å². The Morgan fingerprint density at radius 2 is 1.70 bits per heavy atom. The standard InChI is InChI=1S/C27H33N5O/c1-30-26(33)18-25(23-11-13-28-14-12-23)29-27(30)32-17-5-6-24(20-32)22-9-7-21(8-10-22)19-31-15-3-2-4-16-31/h7-14,18,24H,2-6,15-17,19-20H2,1H3. The number of aromatic nitrogens is 3. The van der Waals surface area contributed by atoms with Crippen molar-refractivity contribution < 1.29 is 0 Å². The molecule has 4 heterocycles. The fourth-order valence-corrected chi connectivity index (χ4v) is 5.18. The number of pyridine rings is 1. The summed E-state index contributed by atoms with van der Waals surface area (Å²) in [6.45, 7) is 5.31. The maximum atomic E-state index is 12.7. The minimum Gasteiger partial charge on any atom is -0.342 e. The lowest BCUT2D eigenvalue weighted by Gasteiger charge is -2.34. The van der Waals surface area contributed by atoms with E-state index in [1.807, 2.05) is 19.2 Å². The van der Waals surface area contributed by atoms with Crippen LogP contribution in [-0.2, 0) is 13.6 Å². The molecule has 2 fully saturated rings. The zero-order valence-corrected chi connectivity index (χ0v) is 19.5. The Bertz CT molecular complexity index is 1120. The van der Waals surface area contributed by atoms with Gasteiger partial charge in [-0.05, 0) is 62.0 Å². The molecule has 2 aliphatic rings. The Hall–Kier alpha value is -2.99. The highest BCUT2D eigenvalue weighted by Crippen LogP contribution is 2.30. The third-order valence-electron chi connectivity index (χ3n) is 7.10. The Morgan fingerprint density at radius 1 is 0.939 bits per heavy atom. The van der Waals surface area contributed by atoms with Gasteiger partial charge in [-0.15, -0.1) is 0 Å². The second kappa shape index (κ2) is 9.87. The summed E-state index contributed by atoms with van der Waals surface area (Å²) >= 11 is 0. The summed E-state index contributed by atoms with van der Waals surface area (Å²) in [5, 5.41) is 0. The van der Waals surface area contributed by atoms with Gasteiger partial charge in [0.1, 0.15) is 0 Å². The highest BCUT2D eigenvalue weighted by atomic mass is 16.1. The van der Waals surface area contributed by atoms with E-state index in [1.54, 1.807) is 23.0 Å². The smallest absolute Gasteiger partial charge is 0.255 e. The van der Waals surface area contributed by atoms with Gasteiger partial charge in [-0.25, -0.2) is 4.98 Å². The number of anilines is 1. The summed E-state index contributed by atoms with van der Waals surface area (Å²) in [5.41, 5.74) is 4.39. The van der Waals surface area contributed by atoms with E-state index in [1.165, 1.54) is 49.9 Å². The van der Waals surface area contributed by atoms with Crippen molar-refractivity contribution in [3.63, 3.8) is 0 Å². The molecule has 0 aliphatic carbocycles. The van der Waals surface area contributed by atoms with Gasteiger partial charge in [0.05, 0.1) is 5.69 Å². The maximum absolute atomic E-state index is 12.7. The van der Waals surface area contributed by atoms with E-state index in [9.17, 15) is 4.79 Å². The summed E-state index contributed by atoms with van der Waals surface area (Å²) in [6.07, 6.45) is 9.76. The van der Waals surface area contributed by atoms with Crippen LogP contribution in [0.5, 0.6) is 0 Å². The van der Waals surface area contributed by atoms with Crippen molar-refractivity contribution in [2.75, 3.05) is 31.1 Å². The van der Waals surface area contributed by atoms with Crippen molar-refractivity contribution in [1.82, 2.24) is 19.4 Å². The number of piperidine rings is 2. The predicted octanol–water partition coefficient (Wildman–Crippen LogP) is 4.21. The lowest BCUT2D eigenvalue weighted by atomic mass is 9.90. The van der Waals surface area contributed by atoms with Gasteiger partial charge < -0.3 is 4.90 Å². The van der Waals surface area contributed by atoms with Crippen molar-refractivity contribution in [2.24, 2.45) is 7.05 Å². The molecule has 3 aromatic rings. The highest BCUT2D eigenvalue weighted by molar-refractivity contribution is 5.59. The van der Waals surface area contributed by atoms with Gasteiger partial charge in [-0.3, -0.25) is 19.2 Å². The summed E-state index contributed by atoms with van der Waals surface area (Å²) in [5.74, 6) is 1.20. The van der Waals surface area contributed by atoms with Crippen LogP contribution >= 0.6 is 0 Å². The topological polar surface area (TPSA) is 54.3 Å². The molecule has 1 atom stereocenters. The largest absolute Gasteiger partial charge is 0.342 e. The average molecular weight is 444 g/mol. The molecule has 0 radical (unpaired) electrons. The molecule has 0 saturated carbocycles. The van der Waals surface area contributed by atoms with Crippen LogP contribution in [0.15, 0.2) is 59.7 Å². The number of benzene rings is 1. The van der Waals surface area contributed by atoms with Gasteiger partial charge in [-0.2, -0.15) is 0 Å². The first-order valence-corrected chi connectivity index (χ1v) is 12.2. The van der Waals surface area contributed by atoms with Crippen LogP contribution in [0, 0.1) is 0 Å². The van der Waals surface area contributed by atoms with Crippen LogP contribution in [0.4, 0.5) is 5.95 Å². The quantitative estimate of drug-likeness (QED) is 0.591. The summed E-state index contributed by atoms with van der Waals surface area (Å²) in [6, 6.07) is 14.6. The molecule has 172 valence electrons. The third-order valence-corrected chi connectivity index (χ3v) is 7.10. The van der Waals surface area contributed by atoms with Gasteiger partial charge in [0.25, 0.3) is 5.56 Å². The SMILES string of the molecule is Cn1c(N2CCCC(c3ccc(CN4CCCCC4)cc3)C2)nc(-c2ccncc2)cc1=O.